The first kappa shape index (κ1) is 15.1. The van der Waals surface area contributed by atoms with Crippen molar-refractivity contribution in [1.29, 1.82) is 0 Å². The van der Waals surface area contributed by atoms with E-state index < -0.39 is 0 Å². The van der Waals surface area contributed by atoms with Gasteiger partial charge in [0.05, 0.1) is 7.11 Å². The molecule has 1 aromatic carbocycles. The van der Waals surface area contributed by atoms with Crippen LogP contribution in [0.5, 0.6) is 5.75 Å². The van der Waals surface area contributed by atoms with Gasteiger partial charge in [0.2, 0.25) is 0 Å². The van der Waals surface area contributed by atoms with Crippen LogP contribution in [0, 0.1) is 0 Å². The molecular weight excluding hydrogens is 266 g/mol. The zero-order valence-electron chi connectivity index (χ0n) is 12.5. The van der Waals surface area contributed by atoms with Gasteiger partial charge >= 0.3 is 0 Å². The summed E-state index contributed by atoms with van der Waals surface area (Å²) in [6, 6.07) is 13.1. The number of hydrogen-bond acceptors (Lipinski definition) is 3. The zero-order valence-corrected chi connectivity index (χ0v) is 13.3. The summed E-state index contributed by atoms with van der Waals surface area (Å²) in [5.41, 5.74) is 1.26. The molecule has 3 heteroatoms. The fourth-order valence-electron chi connectivity index (χ4n) is 2.26. The first-order valence-electron chi connectivity index (χ1n) is 7.15. The molecule has 0 aliphatic carbocycles. The van der Waals surface area contributed by atoms with Crippen LogP contribution in [0.4, 0.5) is 0 Å². The highest BCUT2D eigenvalue weighted by atomic mass is 32.1. The number of nitrogens with one attached hydrogen (secondary N) is 1. The van der Waals surface area contributed by atoms with E-state index >= 15 is 0 Å². The highest BCUT2D eigenvalue weighted by Gasteiger charge is 2.08. The van der Waals surface area contributed by atoms with Gasteiger partial charge < -0.3 is 10.1 Å². The van der Waals surface area contributed by atoms with Crippen molar-refractivity contribution in [3.63, 3.8) is 0 Å². The average Bonchev–Trinajstić information content (AvgIpc) is 2.94. The summed E-state index contributed by atoms with van der Waals surface area (Å²) >= 11 is 1.90. The maximum atomic E-state index is 5.40. The van der Waals surface area contributed by atoms with Crippen molar-refractivity contribution in [3.05, 3.63) is 51.7 Å². The van der Waals surface area contributed by atoms with E-state index in [-0.39, 0.29) is 0 Å². The molecule has 0 fully saturated rings. The van der Waals surface area contributed by atoms with Gasteiger partial charge in [0, 0.05) is 22.3 Å². The molecule has 0 saturated carbocycles. The first-order chi connectivity index (χ1) is 9.72. The lowest BCUT2D eigenvalue weighted by Gasteiger charge is -2.15. The van der Waals surface area contributed by atoms with Gasteiger partial charge in [-0.05, 0) is 43.5 Å². The van der Waals surface area contributed by atoms with Crippen LogP contribution in [0.3, 0.4) is 0 Å². The van der Waals surface area contributed by atoms with Crippen LogP contribution < -0.4 is 10.1 Å². The molecule has 1 heterocycles. The van der Waals surface area contributed by atoms with Gasteiger partial charge in [-0.2, -0.15) is 0 Å². The molecule has 0 bridgehead atoms. The number of rotatable bonds is 7. The largest absolute Gasteiger partial charge is 0.496 e. The second kappa shape index (κ2) is 7.46. The van der Waals surface area contributed by atoms with E-state index in [1.54, 1.807) is 7.11 Å². The summed E-state index contributed by atoms with van der Waals surface area (Å²) in [4.78, 5) is 2.87. The molecule has 0 saturated heterocycles. The minimum atomic E-state index is 0.429. The Morgan fingerprint density at radius 1 is 1.15 bits per heavy atom. The number of hydrogen-bond donors (Lipinski definition) is 1. The molecule has 0 spiro atoms. The van der Waals surface area contributed by atoms with Crippen molar-refractivity contribution in [2.75, 3.05) is 7.11 Å². The number of methoxy groups -OCH3 is 1. The number of benzene rings is 1. The summed E-state index contributed by atoms with van der Waals surface area (Å²) in [6.45, 7) is 5.37. The minimum absolute atomic E-state index is 0.429. The highest BCUT2D eigenvalue weighted by molar-refractivity contribution is 7.11. The van der Waals surface area contributed by atoms with E-state index in [0.717, 1.165) is 25.1 Å². The molecule has 1 aromatic heterocycles. The number of ether oxygens (including phenoxy) is 1. The molecule has 1 unspecified atom stereocenters. The van der Waals surface area contributed by atoms with Gasteiger partial charge in [-0.15, -0.1) is 11.3 Å². The second-order valence-corrected chi connectivity index (χ2v) is 6.27. The standard InChI is InChI=1S/C17H23NOS/c1-4-15-9-10-16(20-15)12-18-13(2)11-14-7-5-6-8-17(14)19-3/h5-10,13,18H,4,11-12H2,1-3H3. The van der Waals surface area contributed by atoms with E-state index in [1.807, 2.05) is 23.5 Å². The molecule has 1 N–H and O–H groups in total. The number of para-hydroxylation sites is 1. The van der Waals surface area contributed by atoms with Gasteiger partial charge in [0.15, 0.2) is 0 Å². The van der Waals surface area contributed by atoms with E-state index in [2.05, 4.69) is 43.4 Å². The molecular formula is C17H23NOS. The SMILES string of the molecule is CCc1ccc(CNC(C)Cc2ccccc2OC)s1. The lowest BCUT2D eigenvalue weighted by Crippen LogP contribution is -2.27. The van der Waals surface area contributed by atoms with Crippen molar-refractivity contribution < 1.29 is 4.74 Å². The Hall–Kier alpha value is -1.32. The van der Waals surface area contributed by atoms with Crippen LogP contribution >= 0.6 is 11.3 Å². The Morgan fingerprint density at radius 2 is 1.90 bits per heavy atom. The molecule has 0 amide bonds. The Labute approximate surface area is 125 Å². The second-order valence-electron chi connectivity index (χ2n) is 5.02. The van der Waals surface area contributed by atoms with Gasteiger partial charge in [0.25, 0.3) is 0 Å². The van der Waals surface area contributed by atoms with Crippen LogP contribution in [0.1, 0.15) is 29.2 Å². The van der Waals surface area contributed by atoms with E-state index in [1.165, 1.54) is 15.3 Å². The smallest absolute Gasteiger partial charge is 0.122 e. The number of aryl methyl sites for hydroxylation is 1. The number of thiophene rings is 1. The van der Waals surface area contributed by atoms with Gasteiger partial charge in [0.1, 0.15) is 5.75 Å². The molecule has 20 heavy (non-hydrogen) atoms. The molecule has 0 radical (unpaired) electrons. The lowest BCUT2D eigenvalue weighted by molar-refractivity contribution is 0.406. The van der Waals surface area contributed by atoms with Crippen molar-refractivity contribution in [2.45, 2.75) is 39.3 Å². The fourth-order valence-corrected chi connectivity index (χ4v) is 3.16. The minimum Gasteiger partial charge on any atom is -0.496 e. The average molecular weight is 289 g/mol. The topological polar surface area (TPSA) is 21.3 Å². The zero-order chi connectivity index (χ0) is 14.4. The van der Waals surface area contributed by atoms with Gasteiger partial charge in [-0.25, -0.2) is 0 Å². The van der Waals surface area contributed by atoms with Crippen molar-refractivity contribution >= 4 is 11.3 Å². The van der Waals surface area contributed by atoms with Crippen LogP contribution in [-0.4, -0.2) is 13.2 Å². The highest BCUT2D eigenvalue weighted by Crippen LogP contribution is 2.20. The quantitative estimate of drug-likeness (QED) is 0.830. The van der Waals surface area contributed by atoms with Crippen molar-refractivity contribution in [3.8, 4) is 5.75 Å². The van der Waals surface area contributed by atoms with E-state index in [9.17, 15) is 0 Å². The maximum Gasteiger partial charge on any atom is 0.122 e. The van der Waals surface area contributed by atoms with Crippen LogP contribution in [0.25, 0.3) is 0 Å². The van der Waals surface area contributed by atoms with E-state index in [4.69, 9.17) is 4.74 Å². The third-order valence-corrected chi connectivity index (χ3v) is 4.64. The Morgan fingerprint density at radius 3 is 2.60 bits per heavy atom. The fraction of sp³-hybridized carbons (Fsp3) is 0.412. The summed E-state index contributed by atoms with van der Waals surface area (Å²) in [5.74, 6) is 0.977. The first-order valence-corrected chi connectivity index (χ1v) is 7.97. The Kier molecular flexibility index (Phi) is 5.62. The molecule has 2 rings (SSSR count). The molecule has 2 aromatic rings. The molecule has 2 nitrogen and oxygen atoms in total. The predicted octanol–water partition coefficient (Wildman–Crippen LogP) is 4.04. The molecule has 0 aliphatic heterocycles. The van der Waals surface area contributed by atoms with Crippen molar-refractivity contribution in [2.24, 2.45) is 0 Å². The Bertz CT molecular complexity index is 535. The molecule has 0 aliphatic rings. The molecule has 1 atom stereocenters. The van der Waals surface area contributed by atoms with E-state index in [0.29, 0.717) is 6.04 Å². The molecule has 108 valence electrons. The van der Waals surface area contributed by atoms with Gasteiger partial charge in [-0.3, -0.25) is 0 Å². The Balaban J connectivity index is 1.87. The maximum absolute atomic E-state index is 5.40. The summed E-state index contributed by atoms with van der Waals surface area (Å²) in [6.07, 6.45) is 2.11. The summed E-state index contributed by atoms with van der Waals surface area (Å²) in [7, 11) is 1.73. The third kappa shape index (κ3) is 4.09. The third-order valence-electron chi connectivity index (χ3n) is 3.41. The summed E-state index contributed by atoms with van der Waals surface area (Å²) in [5, 5.41) is 3.59. The predicted molar refractivity (Wildman–Crippen MR) is 86.7 cm³/mol. The van der Waals surface area contributed by atoms with Crippen molar-refractivity contribution in [1.82, 2.24) is 5.32 Å². The normalized spacial score (nSPS) is 12.3. The van der Waals surface area contributed by atoms with Crippen LogP contribution in [0.2, 0.25) is 0 Å². The van der Waals surface area contributed by atoms with Gasteiger partial charge in [-0.1, -0.05) is 25.1 Å². The monoisotopic (exact) mass is 289 g/mol. The summed E-state index contributed by atoms with van der Waals surface area (Å²) < 4.78 is 5.40. The van der Waals surface area contributed by atoms with Crippen LogP contribution in [-0.2, 0) is 19.4 Å². The van der Waals surface area contributed by atoms with Crippen LogP contribution in [0.15, 0.2) is 36.4 Å². The lowest BCUT2D eigenvalue weighted by atomic mass is 10.1.